The Hall–Kier alpha value is -0.370. The molecule has 0 aliphatic rings. The van der Waals surface area contributed by atoms with Crippen LogP contribution in [0, 0.1) is 18.6 Å². The monoisotopic (exact) mass is 326 g/mol. The van der Waals surface area contributed by atoms with Gasteiger partial charge < -0.3 is 0 Å². The lowest BCUT2D eigenvalue weighted by molar-refractivity contribution is 0.506. The smallest absolute Gasteiger partial charge is 0.180 e. The zero-order valence-corrected chi connectivity index (χ0v) is 10.1. The molecule has 0 amide bonds. The van der Waals surface area contributed by atoms with Crippen LogP contribution in [0.3, 0.4) is 0 Å². The molecule has 2 rings (SSSR count). The SMILES string of the molecule is Cc1nc2c(ccn2SI)c(F)c1F. The van der Waals surface area contributed by atoms with E-state index in [1.807, 2.05) is 0 Å². The summed E-state index contributed by atoms with van der Waals surface area (Å²) in [7, 11) is 1.36. The normalized spacial score (nSPS) is 11.1. The lowest BCUT2D eigenvalue weighted by Gasteiger charge is -2.01. The van der Waals surface area contributed by atoms with Gasteiger partial charge in [-0.25, -0.2) is 13.8 Å². The molecule has 2 aromatic heterocycles. The van der Waals surface area contributed by atoms with Gasteiger partial charge in [0.2, 0.25) is 0 Å². The van der Waals surface area contributed by atoms with E-state index < -0.39 is 11.6 Å². The van der Waals surface area contributed by atoms with Crippen molar-refractivity contribution in [3.8, 4) is 0 Å². The second kappa shape index (κ2) is 3.65. The first-order chi connectivity index (χ1) is 6.65. The maximum absolute atomic E-state index is 13.4. The van der Waals surface area contributed by atoms with E-state index in [1.54, 1.807) is 10.2 Å². The fraction of sp³-hybridized carbons (Fsp3) is 0.125. The molecule has 0 bridgehead atoms. The molecule has 0 radical (unpaired) electrons. The highest BCUT2D eigenvalue weighted by molar-refractivity contribution is 14.2. The third-order valence-electron chi connectivity index (χ3n) is 1.92. The number of fused-ring (bicyclic) bond motifs is 1. The zero-order chi connectivity index (χ0) is 10.3. The molecule has 0 aromatic carbocycles. The number of hydrogen-bond donors (Lipinski definition) is 0. The van der Waals surface area contributed by atoms with Crippen LogP contribution in [0.5, 0.6) is 0 Å². The van der Waals surface area contributed by atoms with E-state index in [2.05, 4.69) is 26.2 Å². The van der Waals surface area contributed by atoms with Crippen LogP contribution in [-0.4, -0.2) is 8.96 Å². The number of aryl methyl sites for hydroxylation is 1. The van der Waals surface area contributed by atoms with Crippen molar-refractivity contribution in [3.63, 3.8) is 0 Å². The summed E-state index contributed by atoms with van der Waals surface area (Å²) in [5, 5.41) is 0.220. The van der Waals surface area contributed by atoms with Crippen molar-refractivity contribution in [2.75, 3.05) is 0 Å². The number of aromatic nitrogens is 2. The summed E-state index contributed by atoms with van der Waals surface area (Å²) in [6.07, 6.45) is 1.66. The maximum atomic E-state index is 13.4. The molecule has 74 valence electrons. The van der Waals surface area contributed by atoms with Crippen molar-refractivity contribution in [3.05, 3.63) is 29.6 Å². The summed E-state index contributed by atoms with van der Waals surface area (Å²) in [4.78, 5) is 3.99. The molecular formula is C8H5F2IN2S. The Balaban J connectivity index is 2.86. The highest BCUT2D eigenvalue weighted by Gasteiger charge is 2.14. The van der Waals surface area contributed by atoms with E-state index in [4.69, 9.17) is 0 Å². The van der Waals surface area contributed by atoms with Crippen LogP contribution < -0.4 is 0 Å². The summed E-state index contributed by atoms with van der Waals surface area (Å²) in [6.45, 7) is 1.45. The predicted molar refractivity (Wildman–Crippen MR) is 61.4 cm³/mol. The third-order valence-corrected chi connectivity index (χ3v) is 3.64. The topological polar surface area (TPSA) is 17.8 Å². The minimum absolute atomic E-state index is 0.0837. The van der Waals surface area contributed by atoms with Gasteiger partial charge in [-0.3, -0.25) is 3.97 Å². The van der Waals surface area contributed by atoms with E-state index in [-0.39, 0.29) is 11.1 Å². The van der Waals surface area contributed by atoms with Gasteiger partial charge >= 0.3 is 0 Å². The molecule has 0 fully saturated rings. The van der Waals surface area contributed by atoms with Gasteiger partial charge in [-0.05, 0) is 13.0 Å². The van der Waals surface area contributed by atoms with Gasteiger partial charge in [-0.2, -0.15) is 0 Å². The van der Waals surface area contributed by atoms with Crippen molar-refractivity contribution >= 4 is 41.4 Å². The predicted octanol–water partition coefficient (Wildman–Crippen LogP) is 3.47. The standard InChI is InChI=1S/C8H5F2IN2S/c1-4-6(9)7(10)5-2-3-13(14-11)8(5)12-4/h2-3H,1H3. The fourth-order valence-corrected chi connectivity index (χ4v) is 2.49. The van der Waals surface area contributed by atoms with Crippen LogP contribution in [0.25, 0.3) is 11.0 Å². The van der Waals surface area contributed by atoms with Gasteiger partial charge in [0.25, 0.3) is 0 Å². The van der Waals surface area contributed by atoms with E-state index in [1.165, 1.54) is 22.1 Å². The Kier molecular flexibility index (Phi) is 2.65. The van der Waals surface area contributed by atoms with Gasteiger partial charge in [-0.15, -0.1) is 0 Å². The number of halogens is 3. The molecule has 6 heteroatoms. The average Bonchev–Trinajstić information content (AvgIpc) is 2.57. The van der Waals surface area contributed by atoms with Gasteiger partial charge in [0.1, 0.15) is 0 Å². The molecule has 14 heavy (non-hydrogen) atoms. The Morgan fingerprint density at radius 1 is 1.43 bits per heavy atom. The average molecular weight is 326 g/mol. The summed E-state index contributed by atoms with van der Waals surface area (Å²) in [5.74, 6) is -1.69. The van der Waals surface area contributed by atoms with Crippen molar-refractivity contribution in [2.45, 2.75) is 6.92 Å². The van der Waals surface area contributed by atoms with Gasteiger partial charge in [0.05, 0.1) is 11.1 Å². The van der Waals surface area contributed by atoms with Crippen LogP contribution in [0.1, 0.15) is 5.69 Å². The number of pyridine rings is 1. The van der Waals surface area contributed by atoms with Crippen molar-refractivity contribution in [1.29, 1.82) is 0 Å². The summed E-state index contributed by atoms with van der Waals surface area (Å²) < 4.78 is 28.2. The highest BCUT2D eigenvalue weighted by Crippen LogP contribution is 2.26. The van der Waals surface area contributed by atoms with Gasteiger partial charge in [-0.1, -0.05) is 0 Å². The zero-order valence-electron chi connectivity index (χ0n) is 7.09. The third kappa shape index (κ3) is 1.40. The lowest BCUT2D eigenvalue weighted by Crippen LogP contribution is -1.96. The molecule has 2 nitrogen and oxygen atoms in total. The molecule has 0 aliphatic carbocycles. The van der Waals surface area contributed by atoms with Crippen LogP contribution >= 0.6 is 30.3 Å². The Morgan fingerprint density at radius 3 is 2.79 bits per heavy atom. The molecule has 0 aliphatic heterocycles. The van der Waals surface area contributed by atoms with E-state index >= 15 is 0 Å². The fourth-order valence-electron chi connectivity index (χ4n) is 1.23. The molecule has 2 heterocycles. The Bertz CT molecular complexity index is 498. The Labute approximate surface area is 95.4 Å². The summed E-state index contributed by atoms with van der Waals surface area (Å²) in [6, 6.07) is 1.52. The molecule has 0 saturated heterocycles. The quantitative estimate of drug-likeness (QED) is 0.747. The lowest BCUT2D eigenvalue weighted by atomic mass is 10.3. The molecule has 0 unspecified atom stereocenters. The van der Waals surface area contributed by atoms with Crippen LogP contribution in [0.4, 0.5) is 8.78 Å². The first kappa shape index (κ1) is 10.2. The molecule has 0 atom stereocenters. The first-order valence-corrected chi connectivity index (χ1v) is 7.08. The van der Waals surface area contributed by atoms with Crippen molar-refractivity contribution in [2.24, 2.45) is 0 Å². The molecular weight excluding hydrogens is 321 g/mol. The summed E-state index contributed by atoms with van der Waals surface area (Å²) >= 11 is 2.05. The van der Waals surface area contributed by atoms with Gasteiger partial charge in [0, 0.05) is 36.5 Å². The summed E-state index contributed by atoms with van der Waals surface area (Å²) in [5.41, 5.74) is 0.543. The number of rotatable bonds is 1. The van der Waals surface area contributed by atoms with Crippen LogP contribution in [0.2, 0.25) is 0 Å². The highest BCUT2D eigenvalue weighted by atomic mass is 127. The van der Waals surface area contributed by atoms with Crippen LogP contribution in [-0.2, 0) is 0 Å². The molecule has 0 spiro atoms. The van der Waals surface area contributed by atoms with E-state index in [0.717, 1.165) is 0 Å². The number of hydrogen-bond acceptors (Lipinski definition) is 2. The second-order valence-corrected chi connectivity index (χ2v) is 4.49. The molecule has 0 N–H and O–H groups in total. The minimum atomic E-state index is -0.867. The second-order valence-electron chi connectivity index (χ2n) is 2.77. The van der Waals surface area contributed by atoms with Crippen molar-refractivity contribution < 1.29 is 8.78 Å². The largest absolute Gasteiger partial charge is 0.266 e. The van der Waals surface area contributed by atoms with Crippen LogP contribution in [0.15, 0.2) is 12.3 Å². The van der Waals surface area contributed by atoms with Gasteiger partial charge in [0.15, 0.2) is 17.3 Å². The minimum Gasteiger partial charge on any atom is -0.266 e. The molecule has 2 aromatic rings. The van der Waals surface area contributed by atoms with E-state index in [0.29, 0.717) is 5.65 Å². The first-order valence-electron chi connectivity index (χ1n) is 3.77. The number of nitrogens with zero attached hydrogens (tertiary/aromatic N) is 2. The maximum Gasteiger partial charge on any atom is 0.180 e. The van der Waals surface area contributed by atoms with Crippen molar-refractivity contribution in [1.82, 2.24) is 8.96 Å². The van der Waals surface area contributed by atoms with E-state index in [9.17, 15) is 8.78 Å². The Morgan fingerprint density at radius 2 is 2.14 bits per heavy atom. The molecule has 0 saturated carbocycles.